The van der Waals surface area contributed by atoms with E-state index in [4.69, 9.17) is 4.74 Å². The fourth-order valence-corrected chi connectivity index (χ4v) is 4.56. The molecule has 1 fully saturated rings. The molecule has 8 nitrogen and oxygen atoms in total. The molecule has 0 atom stereocenters. The van der Waals surface area contributed by atoms with Crippen molar-refractivity contribution in [3.05, 3.63) is 48.5 Å². The second kappa shape index (κ2) is 9.06. The molecule has 9 heteroatoms. The van der Waals surface area contributed by atoms with Gasteiger partial charge < -0.3 is 15.4 Å². The SMILES string of the molecule is CC(=O)Nc1ccc(OCC(=O)Nc2cccc(S(=O)(=O)N3CCCC3)c2)cc1. The molecule has 2 aromatic carbocycles. The molecule has 0 bridgehead atoms. The largest absolute Gasteiger partial charge is 0.484 e. The van der Waals surface area contributed by atoms with Crippen molar-refractivity contribution in [2.24, 2.45) is 0 Å². The number of carbonyl (C=O) groups is 2. The topological polar surface area (TPSA) is 105 Å². The molecule has 1 aliphatic rings. The van der Waals surface area contributed by atoms with Gasteiger partial charge in [-0.2, -0.15) is 4.31 Å². The molecular formula is C20H23N3O5S. The van der Waals surface area contributed by atoms with E-state index in [1.807, 2.05) is 0 Å². The van der Waals surface area contributed by atoms with Gasteiger partial charge in [0.25, 0.3) is 5.91 Å². The van der Waals surface area contributed by atoms with Crippen molar-refractivity contribution in [2.45, 2.75) is 24.7 Å². The first kappa shape index (κ1) is 20.8. The van der Waals surface area contributed by atoms with Crippen LogP contribution in [0.15, 0.2) is 53.4 Å². The van der Waals surface area contributed by atoms with Crippen LogP contribution in [0.1, 0.15) is 19.8 Å². The number of hydrogen-bond acceptors (Lipinski definition) is 5. The normalized spacial score (nSPS) is 14.4. The molecular weight excluding hydrogens is 394 g/mol. The van der Waals surface area contributed by atoms with E-state index in [1.54, 1.807) is 36.4 Å². The van der Waals surface area contributed by atoms with Crippen molar-refractivity contribution in [3.63, 3.8) is 0 Å². The number of sulfonamides is 1. The minimum absolute atomic E-state index is 0.159. The third-order valence-corrected chi connectivity index (χ3v) is 6.26. The van der Waals surface area contributed by atoms with Gasteiger partial charge in [-0.15, -0.1) is 0 Å². The first-order valence-corrected chi connectivity index (χ1v) is 10.7. The highest BCUT2D eigenvalue weighted by Crippen LogP contribution is 2.23. The zero-order valence-corrected chi connectivity index (χ0v) is 16.9. The Morgan fingerprint density at radius 2 is 1.69 bits per heavy atom. The monoisotopic (exact) mass is 417 g/mol. The van der Waals surface area contributed by atoms with E-state index in [2.05, 4.69) is 10.6 Å². The lowest BCUT2D eigenvalue weighted by Gasteiger charge is -2.16. The maximum Gasteiger partial charge on any atom is 0.262 e. The summed E-state index contributed by atoms with van der Waals surface area (Å²) in [5, 5.41) is 5.29. The van der Waals surface area contributed by atoms with Crippen molar-refractivity contribution < 1.29 is 22.7 Å². The van der Waals surface area contributed by atoms with Gasteiger partial charge in [-0.3, -0.25) is 9.59 Å². The van der Waals surface area contributed by atoms with Gasteiger partial charge in [-0.25, -0.2) is 8.42 Å². The van der Waals surface area contributed by atoms with Crippen LogP contribution in [0.2, 0.25) is 0 Å². The minimum atomic E-state index is -3.54. The van der Waals surface area contributed by atoms with E-state index in [1.165, 1.54) is 23.4 Å². The number of ether oxygens (including phenoxy) is 1. The zero-order valence-electron chi connectivity index (χ0n) is 16.1. The quantitative estimate of drug-likeness (QED) is 0.720. The predicted molar refractivity (Wildman–Crippen MR) is 109 cm³/mol. The summed E-state index contributed by atoms with van der Waals surface area (Å²) in [6.07, 6.45) is 1.72. The predicted octanol–water partition coefficient (Wildman–Crippen LogP) is 2.45. The van der Waals surface area contributed by atoms with Crippen LogP contribution in [-0.2, 0) is 19.6 Å². The summed E-state index contributed by atoms with van der Waals surface area (Å²) < 4.78 is 32.2. The van der Waals surface area contributed by atoms with Crippen molar-refractivity contribution >= 4 is 33.2 Å². The van der Waals surface area contributed by atoms with Crippen LogP contribution in [0.3, 0.4) is 0 Å². The number of benzene rings is 2. The molecule has 0 unspecified atom stereocenters. The summed E-state index contributed by atoms with van der Waals surface area (Å²) >= 11 is 0. The van der Waals surface area contributed by atoms with Gasteiger partial charge >= 0.3 is 0 Å². The van der Waals surface area contributed by atoms with Crippen LogP contribution in [0.25, 0.3) is 0 Å². The van der Waals surface area contributed by atoms with Crippen molar-refractivity contribution in [2.75, 3.05) is 30.3 Å². The van der Waals surface area contributed by atoms with Gasteiger partial charge in [0.2, 0.25) is 15.9 Å². The Hall–Kier alpha value is -2.91. The number of amides is 2. The summed E-state index contributed by atoms with van der Waals surface area (Å²) in [5.74, 6) is -0.113. The Labute approximate surface area is 169 Å². The summed E-state index contributed by atoms with van der Waals surface area (Å²) in [6, 6.07) is 12.8. The highest BCUT2D eigenvalue weighted by atomic mass is 32.2. The van der Waals surface area contributed by atoms with E-state index in [9.17, 15) is 18.0 Å². The molecule has 154 valence electrons. The van der Waals surface area contributed by atoms with E-state index in [0.29, 0.717) is 30.2 Å². The molecule has 1 aliphatic heterocycles. The van der Waals surface area contributed by atoms with Gasteiger partial charge in [0.1, 0.15) is 5.75 Å². The Balaban J connectivity index is 1.57. The highest BCUT2D eigenvalue weighted by molar-refractivity contribution is 7.89. The first-order valence-electron chi connectivity index (χ1n) is 9.25. The summed E-state index contributed by atoms with van der Waals surface area (Å²) in [4.78, 5) is 23.3. The molecule has 1 saturated heterocycles. The molecule has 0 radical (unpaired) electrons. The lowest BCUT2D eigenvalue weighted by molar-refractivity contribution is -0.118. The van der Waals surface area contributed by atoms with Crippen LogP contribution in [0.5, 0.6) is 5.75 Å². The van der Waals surface area contributed by atoms with Crippen LogP contribution in [-0.4, -0.2) is 44.2 Å². The number of nitrogens with one attached hydrogen (secondary N) is 2. The Morgan fingerprint density at radius 3 is 2.34 bits per heavy atom. The second-order valence-electron chi connectivity index (χ2n) is 6.68. The van der Waals surface area contributed by atoms with Crippen molar-refractivity contribution in [3.8, 4) is 5.75 Å². The van der Waals surface area contributed by atoms with Crippen LogP contribution in [0.4, 0.5) is 11.4 Å². The number of anilines is 2. The summed E-state index contributed by atoms with van der Waals surface area (Å²) in [7, 11) is -3.54. The molecule has 3 rings (SSSR count). The maximum absolute atomic E-state index is 12.6. The standard InChI is InChI=1S/C20H23N3O5S/c1-15(24)21-16-7-9-18(10-8-16)28-14-20(25)22-17-5-4-6-19(13-17)29(26,27)23-11-2-3-12-23/h4-10,13H,2-3,11-12,14H2,1H3,(H,21,24)(H,22,25). The number of carbonyl (C=O) groups excluding carboxylic acids is 2. The van der Waals surface area contributed by atoms with Gasteiger partial charge in [-0.1, -0.05) is 6.07 Å². The van der Waals surface area contributed by atoms with Crippen LogP contribution >= 0.6 is 0 Å². The Kier molecular flexibility index (Phi) is 6.50. The molecule has 1 heterocycles. The third kappa shape index (κ3) is 5.55. The van der Waals surface area contributed by atoms with Crippen LogP contribution in [0, 0.1) is 0 Å². The van der Waals surface area contributed by atoms with E-state index >= 15 is 0 Å². The van der Waals surface area contributed by atoms with Gasteiger partial charge in [0.15, 0.2) is 6.61 Å². The summed E-state index contributed by atoms with van der Waals surface area (Å²) in [5.41, 5.74) is 1.02. The van der Waals surface area contributed by atoms with Gasteiger partial charge in [-0.05, 0) is 55.3 Å². The molecule has 2 N–H and O–H groups in total. The number of rotatable bonds is 7. The van der Waals surface area contributed by atoms with Crippen molar-refractivity contribution in [1.82, 2.24) is 4.31 Å². The summed E-state index contributed by atoms with van der Waals surface area (Å²) in [6.45, 7) is 2.23. The minimum Gasteiger partial charge on any atom is -0.484 e. The van der Waals surface area contributed by atoms with Crippen LogP contribution < -0.4 is 15.4 Å². The Bertz CT molecular complexity index is 983. The molecule has 0 spiro atoms. The average Bonchev–Trinajstić information content (AvgIpc) is 3.23. The number of hydrogen-bond donors (Lipinski definition) is 2. The van der Waals surface area contributed by atoms with Gasteiger partial charge in [0.05, 0.1) is 4.90 Å². The third-order valence-electron chi connectivity index (χ3n) is 4.37. The molecule has 2 aromatic rings. The number of nitrogens with zero attached hydrogens (tertiary/aromatic N) is 1. The van der Waals surface area contributed by atoms with E-state index in [-0.39, 0.29) is 17.4 Å². The Morgan fingerprint density at radius 1 is 1.00 bits per heavy atom. The van der Waals surface area contributed by atoms with E-state index in [0.717, 1.165) is 12.8 Å². The zero-order chi connectivity index (χ0) is 20.9. The second-order valence-corrected chi connectivity index (χ2v) is 8.62. The lowest BCUT2D eigenvalue weighted by Crippen LogP contribution is -2.28. The lowest BCUT2D eigenvalue weighted by atomic mass is 10.3. The fraction of sp³-hybridized carbons (Fsp3) is 0.300. The molecule has 0 saturated carbocycles. The van der Waals surface area contributed by atoms with E-state index < -0.39 is 15.9 Å². The molecule has 0 aromatic heterocycles. The smallest absolute Gasteiger partial charge is 0.262 e. The fourth-order valence-electron chi connectivity index (χ4n) is 3.00. The molecule has 29 heavy (non-hydrogen) atoms. The first-order chi connectivity index (χ1) is 13.8. The molecule has 2 amide bonds. The maximum atomic E-state index is 12.6. The van der Waals surface area contributed by atoms with Crippen molar-refractivity contribution in [1.29, 1.82) is 0 Å². The molecule has 0 aliphatic carbocycles. The van der Waals surface area contributed by atoms with Gasteiger partial charge in [0, 0.05) is 31.4 Å². The highest BCUT2D eigenvalue weighted by Gasteiger charge is 2.27. The average molecular weight is 417 g/mol.